The van der Waals surface area contributed by atoms with Gasteiger partial charge in [0.1, 0.15) is 11.6 Å². The first-order valence-electron chi connectivity index (χ1n) is 9.89. The molecule has 0 saturated carbocycles. The molecule has 2 aromatic carbocycles. The minimum absolute atomic E-state index is 0.0702. The van der Waals surface area contributed by atoms with Crippen molar-refractivity contribution in [1.82, 2.24) is 9.80 Å². The van der Waals surface area contributed by atoms with Gasteiger partial charge in [-0.2, -0.15) is 0 Å². The molecule has 0 radical (unpaired) electrons. The summed E-state index contributed by atoms with van der Waals surface area (Å²) in [5.74, 6) is -0.699. The molecule has 1 heterocycles. The van der Waals surface area contributed by atoms with E-state index >= 15 is 0 Å². The molecule has 0 atom stereocenters. The Hall–Kier alpha value is -3.82. The first-order chi connectivity index (χ1) is 15.3. The molecule has 10 heteroatoms. The summed E-state index contributed by atoms with van der Waals surface area (Å²) < 4.78 is 24.5. The lowest BCUT2D eigenvalue weighted by Gasteiger charge is -2.36. The van der Waals surface area contributed by atoms with Crippen LogP contribution < -0.4 is 9.64 Å². The molecule has 170 valence electrons. The van der Waals surface area contributed by atoms with Gasteiger partial charge < -0.3 is 24.4 Å². The van der Waals surface area contributed by atoms with Crippen LogP contribution in [0.4, 0.5) is 19.7 Å². The lowest BCUT2D eigenvalue weighted by Crippen LogP contribution is -2.53. The second kappa shape index (κ2) is 9.99. The Morgan fingerprint density at radius 2 is 1.62 bits per heavy atom. The lowest BCUT2D eigenvalue weighted by molar-refractivity contribution is 0.0600. The fraction of sp³-hybridized carbons (Fsp3) is 0.318. The van der Waals surface area contributed by atoms with E-state index < -0.39 is 17.9 Å². The molecule has 0 spiro atoms. The quantitative estimate of drug-likeness (QED) is 0.711. The van der Waals surface area contributed by atoms with Gasteiger partial charge in [0.2, 0.25) is 0 Å². The molecule has 1 aliphatic heterocycles. The Bertz CT molecular complexity index is 990. The number of hydrogen-bond donors (Lipinski definition) is 1. The molecular formula is C22H24FN3O6. The van der Waals surface area contributed by atoms with Crippen LogP contribution in [0.25, 0.3) is 0 Å². The number of ether oxygens (including phenoxy) is 2. The largest absolute Gasteiger partial charge is 0.497 e. The summed E-state index contributed by atoms with van der Waals surface area (Å²) in [6.45, 7) is 0.750. The SMILES string of the molecule is COC(=O)c1ccc(CN(C(=O)N2CCN(C(=O)O)CC2)c2ccc(OC)cc2)c(F)c1. The standard InChI is InChI=1S/C22H24FN3O6/c1-31-18-7-5-17(6-8-18)26(21(28)24-9-11-25(12-10-24)22(29)30)14-16-4-3-15(13-19(16)23)20(27)32-2/h3-8,13H,9-12,14H2,1-2H3,(H,29,30). The van der Waals surface area contributed by atoms with Crippen molar-refractivity contribution in [3.05, 3.63) is 59.4 Å². The predicted octanol–water partition coefficient (Wildman–Crippen LogP) is 3.04. The van der Waals surface area contributed by atoms with E-state index in [4.69, 9.17) is 9.84 Å². The number of nitrogens with zero attached hydrogens (tertiary/aromatic N) is 3. The number of hydrogen-bond acceptors (Lipinski definition) is 5. The number of carboxylic acid groups (broad SMARTS) is 1. The summed E-state index contributed by atoms with van der Waals surface area (Å²) in [6.07, 6.45) is -1.03. The van der Waals surface area contributed by atoms with Crippen LogP contribution in [-0.2, 0) is 11.3 Å². The maximum Gasteiger partial charge on any atom is 0.407 e. The van der Waals surface area contributed by atoms with Gasteiger partial charge in [0.05, 0.1) is 26.3 Å². The van der Waals surface area contributed by atoms with E-state index in [0.717, 1.165) is 6.07 Å². The third-order valence-electron chi connectivity index (χ3n) is 5.24. The molecule has 0 bridgehead atoms. The zero-order chi connectivity index (χ0) is 23.3. The van der Waals surface area contributed by atoms with Crippen LogP contribution in [-0.4, -0.2) is 73.4 Å². The van der Waals surface area contributed by atoms with Crippen molar-refractivity contribution in [3.63, 3.8) is 0 Å². The Balaban J connectivity index is 1.87. The monoisotopic (exact) mass is 445 g/mol. The molecule has 3 rings (SSSR count). The number of halogens is 1. The van der Waals surface area contributed by atoms with Crippen LogP contribution in [0.1, 0.15) is 15.9 Å². The molecule has 3 amide bonds. The molecule has 32 heavy (non-hydrogen) atoms. The van der Waals surface area contributed by atoms with Crippen molar-refractivity contribution < 1.29 is 33.4 Å². The molecule has 1 saturated heterocycles. The van der Waals surface area contributed by atoms with Gasteiger partial charge in [0, 0.05) is 37.4 Å². The van der Waals surface area contributed by atoms with Crippen LogP contribution in [0.15, 0.2) is 42.5 Å². The van der Waals surface area contributed by atoms with Gasteiger partial charge in [-0.1, -0.05) is 6.07 Å². The highest BCUT2D eigenvalue weighted by Crippen LogP contribution is 2.24. The Morgan fingerprint density at radius 3 is 2.16 bits per heavy atom. The van der Waals surface area contributed by atoms with E-state index in [1.54, 1.807) is 24.3 Å². The predicted molar refractivity (Wildman–Crippen MR) is 113 cm³/mol. The molecule has 0 aromatic heterocycles. The lowest BCUT2D eigenvalue weighted by atomic mass is 10.1. The highest BCUT2D eigenvalue weighted by atomic mass is 19.1. The number of methoxy groups -OCH3 is 2. The number of carbonyl (C=O) groups is 3. The van der Waals surface area contributed by atoms with Crippen molar-refractivity contribution in [3.8, 4) is 5.75 Å². The van der Waals surface area contributed by atoms with Crippen molar-refractivity contribution >= 4 is 23.8 Å². The number of benzene rings is 2. The van der Waals surface area contributed by atoms with E-state index in [1.807, 2.05) is 0 Å². The van der Waals surface area contributed by atoms with Crippen molar-refractivity contribution in [1.29, 1.82) is 0 Å². The molecule has 1 aliphatic rings. The number of anilines is 1. The maximum atomic E-state index is 14.7. The van der Waals surface area contributed by atoms with Crippen LogP contribution in [0.5, 0.6) is 5.75 Å². The number of esters is 1. The topological polar surface area (TPSA) is 99.6 Å². The zero-order valence-electron chi connectivity index (χ0n) is 17.8. The van der Waals surface area contributed by atoms with Crippen molar-refractivity contribution in [2.24, 2.45) is 0 Å². The van der Waals surface area contributed by atoms with Gasteiger partial charge in [-0.05, 0) is 36.4 Å². The number of piperazine rings is 1. The van der Waals surface area contributed by atoms with Crippen LogP contribution >= 0.6 is 0 Å². The van der Waals surface area contributed by atoms with E-state index in [2.05, 4.69) is 4.74 Å². The second-order valence-corrected chi connectivity index (χ2v) is 7.12. The van der Waals surface area contributed by atoms with Crippen LogP contribution in [0, 0.1) is 5.82 Å². The smallest absolute Gasteiger partial charge is 0.407 e. The molecule has 1 N–H and O–H groups in total. The Morgan fingerprint density at radius 1 is 1.00 bits per heavy atom. The van der Waals surface area contributed by atoms with Gasteiger partial charge in [0.15, 0.2) is 0 Å². The number of carbonyl (C=O) groups excluding carboxylic acids is 2. The average Bonchev–Trinajstić information content (AvgIpc) is 2.82. The average molecular weight is 445 g/mol. The molecular weight excluding hydrogens is 421 g/mol. The van der Waals surface area contributed by atoms with E-state index in [9.17, 15) is 18.8 Å². The third-order valence-corrected chi connectivity index (χ3v) is 5.24. The summed E-state index contributed by atoms with van der Waals surface area (Å²) in [5.41, 5.74) is 0.805. The van der Waals surface area contributed by atoms with E-state index in [0.29, 0.717) is 11.4 Å². The number of rotatable bonds is 5. The Kier molecular flexibility index (Phi) is 7.14. The molecule has 1 fully saturated rings. The summed E-state index contributed by atoms with van der Waals surface area (Å²) in [6, 6.07) is 10.3. The van der Waals surface area contributed by atoms with E-state index in [1.165, 1.54) is 41.1 Å². The molecule has 2 aromatic rings. The Labute approximate surface area is 184 Å². The van der Waals surface area contributed by atoms with Crippen molar-refractivity contribution in [2.75, 3.05) is 45.3 Å². The van der Waals surface area contributed by atoms with E-state index in [-0.39, 0.29) is 49.9 Å². The highest BCUT2D eigenvalue weighted by Gasteiger charge is 2.28. The molecule has 0 unspecified atom stereocenters. The third kappa shape index (κ3) is 5.08. The summed E-state index contributed by atoms with van der Waals surface area (Å²) in [5, 5.41) is 9.13. The normalized spacial score (nSPS) is 13.5. The number of urea groups is 1. The van der Waals surface area contributed by atoms with Crippen LogP contribution in [0.2, 0.25) is 0 Å². The zero-order valence-corrected chi connectivity index (χ0v) is 17.8. The highest BCUT2D eigenvalue weighted by molar-refractivity contribution is 5.92. The minimum Gasteiger partial charge on any atom is -0.497 e. The minimum atomic E-state index is -1.03. The number of amides is 3. The first kappa shape index (κ1) is 22.9. The maximum absolute atomic E-state index is 14.7. The van der Waals surface area contributed by atoms with Crippen LogP contribution in [0.3, 0.4) is 0 Å². The summed E-state index contributed by atoms with van der Waals surface area (Å²) in [7, 11) is 2.74. The van der Waals surface area contributed by atoms with Gasteiger partial charge >= 0.3 is 18.1 Å². The van der Waals surface area contributed by atoms with Gasteiger partial charge in [-0.25, -0.2) is 18.8 Å². The molecule has 9 nitrogen and oxygen atoms in total. The fourth-order valence-corrected chi connectivity index (χ4v) is 3.38. The summed E-state index contributed by atoms with van der Waals surface area (Å²) >= 11 is 0. The molecule has 0 aliphatic carbocycles. The fourth-order valence-electron chi connectivity index (χ4n) is 3.38. The first-order valence-corrected chi connectivity index (χ1v) is 9.89. The summed E-state index contributed by atoms with van der Waals surface area (Å²) in [4.78, 5) is 40.3. The van der Waals surface area contributed by atoms with Gasteiger partial charge in [0.25, 0.3) is 0 Å². The van der Waals surface area contributed by atoms with Gasteiger partial charge in [-0.3, -0.25) is 4.90 Å². The second-order valence-electron chi connectivity index (χ2n) is 7.12. The van der Waals surface area contributed by atoms with Crippen molar-refractivity contribution in [2.45, 2.75) is 6.54 Å². The van der Waals surface area contributed by atoms with Gasteiger partial charge in [-0.15, -0.1) is 0 Å².